The highest BCUT2D eigenvalue weighted by atomic mass is 16.5. The summed E-state index contributed by atoms with van der Waals surface area (Å²) in [4.78, 5) is 14.0. The van der Waals surface area contributed by atoms with E-state index in [-0.39, 0.29) is 11.9 Å². The van der Waals surface area contributed by atoms with Crippen LogP contribution in [0.3, 0.4) is 0 Å². The Balaban J connectivity index is 1.84. The van der Waals surface area contributed by atoms with Crippen LogP contribution in [0.1, 0.15) is 25.5 Å². The van der Waals surface area contributed by atoms with Crippen LogP contribution in [0.5, 0.6) is 0 Å². The molecule has 0 saturated carbocycles. The second-order valence-electron chi connectivity index (χ2n) is 4.98. The van der Waals surface area contributed by atoms with Gasteiger partial charge in [0.25, 0.3) is 0 Å². The largest absolute Gasteiger partial charge is 0.338 e. The number of hydrogen-bond donors (Lipinski definition) is 2. The van der Waals surface area contributed by atoms with Crippen LogP contribution in [-0.2, 0) is 4.79 Å². The van der Waals surface area contributed by atoms with Gasteiger partial charge in [-0.25, -0.2) is 0 Å². The Kier molecular flexibility index (Phi) is 3.98. The first kappa shape index (κ1) is 13.0. The fraction of sp³-hybridized carbons (Fsp3) is 0.667. The van der Waals surface area contributed by atoms with Crippen molar-refractivity contribution in [3.63, 3.8) is 0 Å². The van der Waals surface area contributed by atoms with E-state index >= 15 is 0 Å². The Bertz CT molecular complexity index is 418. The lowest BCUT2D eigenvalue weighted by Crippen LogP contribution is -2.48. The summed E-state index contributed by atoms with van der Waals surface area (Å²) in [6, 6.07) is 2.31. The minimum atomic E-state index is -0.0755. The molecule has 2 unspecified atom stereocenters. The van der Waals surface area contributed by atoms with Crippen LogP contribution in [0.2, 0.25) is 0 Å². The fourth-order valence-electron chi connectivity index (χ4n) is 2.28. The number of amides is 1. The second kappa shape index (κ2) is 5.49. The third-order valence-electron chi connectivity index (χ3n) is 3.29. The maximum absolute atomic E-state index is 11.8. The SMILES string of the molecule is Cc1cc(NC(=O)CN2CCC(N)CC2C)on1. The summed E-state index contributed by atoms with van der Waals surface area (Å²) in [5, 5.41) is 6.42. The highest BCUT2D eigenvalue weighted by Crippen LogP contribution is 2.16. The second-order valence-corrected chi connectivity index (χ2v) is 4.98. The van der Waals surface area contributed by atoms with E-state index in [0.717, 1.165) is 25.1 Å². The molecule has 0 aliphatic carbocycles. The molecule has 1 aliphatic heterocycles. The molecular formula is C12H20N4O2. The van der Waals surface area contributed by atoms with Crippen molar-refractivity contribution in [1.29, 1.82) is 0 Å². The number of likely N-dealkylation sites (tertiary alicyclic amines) is 1. The Morgan fingerprint density at radius 2 is 2.50 bits per heavy atom. The molecule has 2 heterocycles. The van der Waals surface area contributed by atoms with Gasteiger partial charge in [0.05, 0.1) is 12.2 Å². The number of nitrogens with zero attached hydrogens (tertiary/aromatic N) is 2. The van der Waals surface area contributed by atoms with E-state index in [2.05, 4.69) is 22.3 Å². The highest BCUT2D eigenvalue weighted by molar-refractivity contribution is 5.90. The third-order valence-corrected chi connectivity index (χ3v) is 3.29. The van der Waals surface area contributed by atoms with Gasteiger partial charge in [0.2, 0.25) is 11.8 Å². The van der Waals surface area contributed by atoms with Gasteiger partial charge in [0.1, 0.15) is 0 Å². The third kappa shape index (κ3) is 3.30. The van der Waals surface area contributed by atoms with Gasteiger partial charge in [-0.15, -0.1) is 0 Å². The molecule has 0 bridgehead atoms. The first-order valence-corrected chi connectivity index (χ1v) is 6.27. The van der Waals surface area contributed by atoms with E-state index in [0.29, 0.717) is 18.5 Å². The van der Waals surface area contributed by atoms with Gasteiger partial charge in [0, 0.05) is 24.7 Å². The smallest absolute Gasteiger partial charge is 0.240 e. The average molecular weight is 252 g/mol. The van der Waals surface area contributed by atoms with Crippen LogP contribution < -0.4 is 11.1 Å². The predicted molar refractivity (Wildman–Crippen MR) is 68.1 cm³/mol. The van der Waals surface area contributed by atoms with Crippen LogP contribution in [0.25, 0.3) is 0 Å². The molecule has 0 radical (unpaired) electrons. The number of rotatable bonds is 3. The minimum Gasteiger partial charge on any atom is -0.338 e. The summed E-state index contributed by atoms with van der Waals surface area (Å²) < 4.78 is 4.95. The van der Waals surface area contributed by atoms with Crippen LogP contribution in [0.15, 0.2) is 10.6 Å². The lowest BCUT2D eigenvalue weighted by molar-refractivity contribution is -0.118. The van der Waals surface area contributed by atoms with Crippen molar-refractivity contribution in [2.75, 3.05) is 18.4 Å². The Morgan fingerprint density at radius 1 is 1.72 bits per heavy atom. The molecule has 2 rings (SSSR count). The normalized spacial score (nSPS) is 25.1. The van der Waals surface area contributed by atoms with Crippen molar-refractivity contribution < 1.29 is 9.32 Å². The zero-order valence-corrected chi connectivity index (χ0v) is 10.8. The molecule has 0 aromatic carbocycles. The lowest BCUT2D eigenvalue weighted by atomic mass is 9.99. The van der Waals surface area contributed by atoms with E-state index in [4.69, 9.17) is 10.3 Å². The summed E-state index contributed by atoms with van der Waals surface area (Å²) >= 11 is 0. The number of hydrogen-bond acceptors (Lipinski definition) is 5. The quantitative estimate of drug-likeness (QED) is 0.828. The number of aryl methyl sites for hydroxylation is 1. The molecule has 100 valence electrons. The molecule has 1 aromatic rings. The first-order valence-electron chi connectivity index (χ1n) is 6.27. The summed E-state index contributed by atoms with van der Waals surface area (Å²) in [5.74, 6) is 0.326. The number of carbonyl (C=O) groups is 1. The predicted octanol–water partition coefficient (Wildman–Crippen LogP) is 0.733. The monoisotopic (exact) mass is 252 g/mol. The van der Waals surface area contributed by atoms with Crippen LogP contribution in [0, 0.1) is 6.92 Å². The molecule has 1 saturated heterocycles. The van der Waals surface area contributed by atoms with E-state index in [1.807, 2.05) is 6.92 Å². The van der Waals surface area contributed by atoms with E-state index < -0.39 is 0 Å². The van der Waals surface area contributed by atoms with Crippen LogP contribution in [-0.4, -0.2) is 41.1 Å². The molecule has 2 atom stereocenters. The maximum atomic E-state index is 11.8. The van der Waals surface area contributed by atoms with Crippen molar-refractivity contribution in [3.8, 4) is 0 Å². The Labute approximate surface area is 106 Å². The van der Waals surface area contributed by atoms with Crippen molar-refractivity contribution in [2.45, 2.75) is 38.8 Å². The average Bonchev–Trinajstić information content (AvgIpc) is 2.68. The van der Waals surface area contributed by atoms with E-state index in [9.17, 15) is 4.79 Å². The van der Waals surface area contributed by atoms with Gasteiger partial charge in [-0.05, 0) is 26.7 Å². The molecule has 3 N–H and O–H groups in total. The van der Waals surface area contributed by atoms with Crippen LogP contribution >= 0.6 is 0 Å². The first-order chi connectivity index (χ1) is 8.54. The van der Waals surface area contributed by atoms with Crippen molar-refractivity contribution in [2.24, 2.45) is 5.73 Å². The Hall–Kier alpha value is -1.40. The topological polar surface area (TPSA) is 84.4 Å². The number of anilines is 1. The molecule has 0 spiro atoms. The maximum Gasteiger partial charge on any atom is 0.240 e. The summed E-state index contributed by atoms with van der Waals surface area (Å²) in [6.07, 6.45) is 1.88. The highest BCUT2D eigenvalue weighted by Gasteiger charge is 2.24. The summed E-state index contributed by atoms with van der Waals surface area (Å²) in [5.41, 5.74) is 6.65. The van der Waals surface area contributed by atoms with Gasteiger partial charge >= 0.3 is 0 Å². The molecule has 18 heavy (non-hydrogen) atoms. The zero-order chi connectivity index (χ0) is 13.1. The summed E-state index contributed by atoms with van der Waals surface area (Å²) in [6.45, 7) is 5.15. The Morgan fingerprint density at radius 3 is 3.11 bits per heavy atom. The van der Waals surface area contributed by atoms with Crippen molar-refractivity contribution >= 4 is 11.8 Å². The van der Waals surface area contributed by atoms with Gasteiger partial charge in [-0.1, -0.05) is 5.16 Å². The summed E-state index contributed by atoms with van der Waals surface area (Å²) in [7, 11) is 0. The van der Waals surface area contributed by atoms with Gasteiger partial charge in [0.15, 0.2) is 0 Å². The molecule has 1 aliphatic rings. The lowest BCUT2D eigenvalue weighted by Gasteiger charge is -2.35. The van der Waals surface area contributed by atoms with Crippen molar-refractivity contribution in [3.05, 3.63) is 11.8 Å². The molecule has 6 nitrogen and oxygen atoms in total. The number of nitrogens with two attached hydrogens (primary N) is 1. The molecule has 1 fully saturated rings. The van der Waals surface area contributed by atoms with Gasteiger partial charge in [-0.3, -0.25) is 15.0 Å². The molecular weight excluding hydrogens is 232 g/mol. The fourth-order valence-corrected chi connectivity index (χ4v) is 2.28. The number of carbonyl (C=O) groups excluding carboxylic acids is 1. The van der Waals surface area contributed by atoms with Crippen molar-refractivity contribution in [1.82, 2.24) is 10.1 Å². The van der Waals surface area contributed by atoms with Gasteiger partial charge in [-0.2, -0.15) is 0 Å². The van der Waals surface area contributed by atoms with E-state index in [1.54, 1.807) is 6.07 Å². The molecule has 1 aromatic heterocycles. The molecule has 1 amide bonds. The number of piperidine rings is 1. The van der Waals surface area contributed by atoms with E-state index in [1.165, 1.54) is 0 Å². The minimum absolute atomic E-state index is 0.0755. The number of nitrogens with one attached hydrogen (secondary N) is 1. The standard InChI is InChI=1S/C12H20N4O2/c1-8-5-12(18-15-8)14-11(17)7-16-4-3-10(13)6-9(16)2/h5,9-10H,3-4,6-7,13H2,1-2H3,(H,14,17). The van der Waals surface area contributed by atoms with Gasteiger partial charge < -0.3 is 10.3 Å². The number of aromatic nitrogens is 1. The van der Waals surface area contributed by atoms with Crippen LogP contribution in [0.4, 0.5) is 5.88 Å². The zero-order valence-electron chi connectivity index (χ0n) is 10.8. The molecule has 6 heteroatoms.